The average molecular weight is 224 g/mol. The molecule has 2 fully saturated rings. The molecule has 0 spiro atoms. The van der Waals surface area contributed by atoms with Crippen LogP contribution in [0, 0.1) is 11.8 Å². The van der Waals surface area contributed by atoms with Crippen molar-refractivity contribution >= 4 is 0 Å². The lowest BCUT2D eigenvalue weighted by Crippen LogP contribution is -2.45. The number of likely N-dealkylation sites (N-methyl/N-ethyl adjacent to an activating group) is 1. The summed E-state index contributed by atoms with van der Waals surface area (Å²) < 4.78 is 0. The first kappa shape index (κ1) is 12.4. The highest BCUT2D eigenvalue weighted by Gasteiger charge is 2.27. The molecule has 4 atom stereocenters. The largest absolute Gasteiger partial charge is 0.312 e. The van der Waals surface area contributed by atoms with Gasteiger partial charge in [-0.3, -0.25) is 0 Å². The molecule has 0 aromatic heterocycles. The van der Waals surface area contributed by atoms with Crippen LogP contribution in [0.1, 0.15) is 46.0 Å². The van der Waals surface area contributed by atoms with E-state index in [-0.39, 0.29) is 0 Å². The zero-order chi connectivity index (χ0) is 11.5. The molecule has 2 nitrogen and oxygen atoms in total. The molecule has 0 aromatic carbocycles. The van der Waals surface area contributed by atoms with E-state index < -0.39 is 0 Å². The first-order valence-electron chi connectivity index (χ1n) is 7.10. The average Bonchev–Trinajstić information content (AvgIpc) is 2.66. The lowest BCUT2D eigenvalue weighted by atomic mass is 9.80. The van der Waals surface area contributed by atoms with Gasteiger partial charge in [-0.15, -0.1) is 0 Å². The minimum atomic E-state index is 0.776. The van der Waals surface area contributed by atoms with E-state index >= 15 is 0 Å². The van der Waals surface area contributed by atoms with E-state index in [1.54, 1.807) is 0 Å². The molecule has 0 bridgehead atoms. The molecule has 4 unspecified atom stereocenters. The lowest BCUT2D eigenvalue weighted by Gasteiger charge is -2.34. The van der Waals surface area contributed by atoms with E-state index in [2.05, 4.69) is 31.1 Å². The van der Waals surface area contributed by atoms with Crippen LogP contribution in [0.3, 0.4) is 0 Å². The predicted molar refractivity (Wildman–Crippen MR) is 69.6 cm³/mol. The zero-order valence-electron chi connectivity index (χ0n) is 11.2. The summed E-state index contributed by atoms with van der Waals surface area (Å²) in [7, 11) is 2.27. The van der Waals surface area contributed by atoms with Gasteiger partial charge in [0.05, 0.1) is 0 Å². The second kappa shape index (κ2) is 5.50. The highest BCUT2D eigenvalue weighted by atomic mass is 15.2. The molecule has 16 heavy (non-hydrogen) atoms. The van der Waals surface area contributed by atoms with Gasteiger partial charge in [-0.25, -0.2) is 0 Å². The molecular formula is C14H28N2. The van der Waals surface area contributed by atoms with Crippen molar-refractivity contribution in [2.75, 3.05) is 20.1 Å². The fraction of sp³-hybridized carbons (Fsp3) is 1.00. The van der Waals surface area contributed by atoms with E-state index in [9.17, 15) is 0 Å². The minimum absolute atomic E-state index is 0.776. The zero-order valence-corrected chi connectivity index (χ0v) is 11.2. The van der Waals surface area contributed by atoms with Crippen molar-refractivity contribution in [1.82, 2.24) is 10.2 Å². The van der Waals surface area contributed by atoms with Crippen LogP contribution >= 0.6 is 0 Å². The Hall–Kier alpha value is -0.0800. The molecule has 2 rings (SSSR count). The Balaban J connectivity index is 1.75. The Morgan fingerprint density at radius 2 is 2.00 bits per heavy atom. The normalized spacial score (nSPS) is 41.4. The Morgan fingerprint density at radius 1 is 1.19 bits per heavy atom. The van der Waals surface area contributed by atoms with E-state index in [4.69, 9.17) is 0 Å². The van der Waals surface area contributed by atoms with Crippen molar-refractivity contribution in [2.45, 2.75) is 58.0 Å². The van der Waals surface area contributed by atoms with Crippen LogP contribution < -0.4 is 5.32 Å². The lowest BCUT2D eigenvalue weighted by molar-refractivity contribution is 0.209. The molecule has 94 valence electrons. The van der Waals surface area contributed by atoms with Crippen molar-refractivity contribution in [2.24, 2.45) is 11.8 Å². The summed E-state index contributed by atoms with van der Waals surface area (Å²) in [4.78, 5) is 2.52. The molecule has 2 heteroatoms. The van der Waals surface area contributed by atoms with Gasteiger partial charge in [0.25, 0.3) is 0 Å². The molecule has 2 aliphatic rings. The first-order valence-corrected chi connectivity index (χ1v) is 7.10. The van der Waals surface area contributed by atoms with Gasteiger partial charge in [-0.05, 0) is 51.1 Å². The highest BCUT2D eigenvalue weighted by molar-refractivity contribution is 4.85. The van der Waals surface area contributed by atoms with Crippen LogP contribution in [0.25, 0.3) is 0 Å². The molecule has 0 radical (unpaired) electrons. The Labute approximate surface area is 101 Å². The van der Waals surface area contributed by atoms with Gasteiger partial charge in [0.2, 0.25) is 0 Å². The molecular weight excluding hydrogens is 196 g/mol. The summed E-state index contributed by atoms with van der Waals surface area (Å²) in [6.45, 7) is 7.32. The van der Waals surface area contributed by atoms with E-state index in [0.717, 1.165) is 23.9 Å². The van der Waals surface area contributed by atoms with E-state index in [1.807, 2.05) is 0 Å². The van der Waals surface area contributed by atoms with E-state index in [1.165, 1.54) is 45.2 Å². The number of hydrogen-bond acceptors (Lipinski definition) is 2. The van der Waals surface area contributed by atoms with Gasteiger partial charge in [0.1, 0.15) is 0 Å². The van der Waals surface area contributed by atoms with Crippen LogP contribution in [0.15, 0.2) is 0 Å². The molecule has 1 aliphatic heterocycles. The van der Waals surface area contributed by atoms with Crippen molar-refractivity contribution in [3.63, 3.8) is 0 Å². The third-order valence-electron chi connectivity index (χ3n) is 4.75. The first-order chi connectivity index (χ1) is 7.66. The molecule has 1 N–H and O–H groups in total. The number of hydrogen-bond donors (Lipinski definition) is 1. The molecule has 1 aliphatic carbocycles. The molecule has 0 aromatic rings. The highest BCUT2D eigenvalue weighted by Crippen LogP contribution is 2.28. The van der Waals surface area contributed by atoms with Crippen molar-refractivity contribution < 1.29 is 0 Å². The smallest absolute Gasteiger partial charge is 0.0218 e. The van der Waals surface area contributed by atoms with Gasteiger partial charge < -0.3 is 10.2 Å². The summed E-state index contributed by atoms with van der Waals surface area (Å²) in [6.07, 6.45) is 7.01. The summed E-state index contributed by atoms with van der Waals surface area (Å²) in [5, 5.41) is 3.83. The maximum atomic E-state index is 3.83. The summed E-state index contributed by atoms with van der Waals surface area (Å²) in [6, 6.07) is 1.57. The third-order valence-corrected chi connectivity index (χ3v) is 4.75. The second-order valence-electron chi connectivity index (χ2n) is 6.19. The quantitative estimate of drug-likeness (QED) is 0.792. The molecule has 1 saturated carbocycles. The third kappa shape index (κ3) is 2.98. The van der Waals surface area contributed by atoms with Crippen molar-refractivity contribution in [1.29, 1.82) is 0 Å². The van der Waals surface area contributed by atoms with E-state index in [0.29, 0.717) is 0 Å². The fourth-order valence-electron chi connectivity index (χ4n) is 3.34. The topological polar surface area (TPSA) is 15.3 Å². The molecule has 1 heterocycles. The summed E-state index contributed by atoms with van der Waals surface area (Å²) in [5.74, 6) is 1.80. The van der Waals surface area contributed by atoms with Crippen molar-refractivity contribution in [3.05, 3.63) is 0 Å². The fourth-order valence-corrected chi connectivity index (χ4v) is 3.34. The standard InChI is InChI=1S/C14H28N2/c1-11-6-7-12(2)14(9-11)15-10-13-5-4-8-16(13)3/h11-15H,4-10H2,1-3H3. The van der Waals surface area contributed by atoms with Gasteiger partial charge in [-0.1, -0.05) is 20.3 Å². The Morgan fingerprint density at radius 3 is 2.69 bits per heavy atom. The summed E-state index contributed by atoms with van der Waals surface area (Å²) >= 11 is 0. The van der Waals surface area contributed by atoms with Gasteiger partial charge in [0.15, 0.2) is 0 Å². The van der Waals surface area contributed by atoms with Gasteiger partial charge in [0, 0.05) is 18.6 Å². The maximum Gasteiger partial charge on any atom is 0.0218 e. The molecule has 1 saturated heterocycles. The van der Waals surface area contributed by atoms with Gasteiger partial charge in [-0.2, -0.15) is 0 Å². The van der Waals surface area contributed by atoms with Crippen molar-refractivity contribution in [3.8, 4) is 0 Å². The monoisotopic (exact) mass is 224 g/mol. The predicted octanol–water partition coefficient (Wildman–Crippen LogP) is 2.49. The number of likely N-dealkylation sites (tertiary alicyclic amines) is 1. The van der Waals surface area contributed by atoms with Crippen LogP contribution in [0.4, 0.5) is 0 Å². The van der Waals surface area contributed by atoms with Gasteiger partial charge >= 0.3 is 0 Å². The summed E-state index contributed by atoms with van der Waals surface area (Å²) in [5.41, 5.74) is 0. The Bertz CT molecular complexity index is 217. The minimum Gasteiger partial charge on any atom is -0.312 e. The van der Waals surface area contributed by atoms with Crippen LogP contribution in [-0.4, -0.2) is 37.1 Å². The van der Waals surface area contributed by atoms with Crippen LogP contribution in [0.2, 0.25) is 0 Å². The van der Waals surface area contributed by atoms with Crippen LogP contribution in [0.5, 0.6) is 0 Å². The number of rotatable bonds is 3. The SMILES string of the molecule is CC1CCC(C)C(NCC2CCCN2C)C1. The number of nitrogens with one attached hydrogen (secondary N) is 1. The molecule has 0 amide bonds. The second-order valence-corrected chi connectivity index (χ2v) is 6.19. The Kier molecular flexibility index (Phi) is 4.26. The maximum absolute atomic E-state index is 3.83. The number of nitrogens with zero attached hydrogens (tertiary/aromatic N) is 1. The van der Waals surface area contributed by atoms with Crippen LogP contribution in [-0.2, 0) is 0 Å².